The van der Waals surface area contributed by atoms with Gasteiger partial charge in [0.05, 0.1) is 15.9 Å². The molecule has 0 spiro atoms. The maximum Gasteiger partial charge on any atom is 0.268 e. The highest BCUT2D eigenvalue weighted by Crippen LogP contribution is 2.21. The van der Waals surface area contributed by atoms with Crippen LogP contribution in [-0.2, 0) is 10.0 Å². The number of nitrogens with zero attached hydrogens (tertiary/aromatic N) is 2. The molecule has 0 N–H and O–H groups in total. The van der Waals surface area contributed by atoms with E-state index in [0.29, 0.717) is 11.0 Å². The summed E-state index contributed by atoms with van der Waals surface area (Å²) in [4.78, 5) is 4.59. The van der Waals surface area contributed by atoms with Crippen molar-refractivity contribution in [2.75, 3.05) is 0 Å². The number of hydrogen-bond acceptors (Lipinski definition) is 3. The number of fused-ring (bicyclic) bond motifs is 1. The lowest BCUT2D eigenvalue weighted by atomic mass is 10.3. The second kappa shape index (κ2) is 4.20. The summed E-state index contributed by atoms with van der Waals surface area (Å²) in [6.07, 6.45) is 1.54. The van der Waals surface area contributed by atoms with Crippen molar-refractivity contribution in [1.29, 1.82) is 0 Å². The zero-order valence-electron chi connectivity index (χ0n) is 10.3. The van der Waals surface area contributed by atoms with Crippen molar-refractivity contribution >= 4 is 21.1 Å². The van der Waals surface area contributed by atoms with E-state index in [1.807, 2.05) is 6.92 Å². The second-order valence-electron chi connectivity index (χ2n) is 4.29. The van der Waals surface area contributed by atoms with Gasteiger partial charge in [-0.15, -0.1) is 0 Å². The fourth-order valence-corrected chi connectivity index (χ4v) is 3.38. The Hall–Kier alpha value is -2.14. The summed E-state index contributed by atoms with van der Waals surface area (Å²) in [7, 11) is -3.56. The Kier molecular flexibility index (Phi) is 2.64. The first-order chi connectivity index (χ1) is 9.09. The summed E-state index contributed by atoms with van der Waals surface area (Å²) in [5.41, 5.74) is 2.14. The molecule has 1 aromatic carbocycles. The standard InChI is InChI=1S/C14H12N2O2S/c1-11-7-8-14-13(15-11)9-10-16(14)19(17,18)12-5-3-2-4-6-12/h2-10H,1H3. The number of aryl methyl sites for hydroxylation is 1. The van der Waals surface area contributed by atoms with Crippen molar-refractivity contribution in [1.82, 2.24) is 8.96 Å². The van der Waals surface area contributed by atoms with Crippen LogP contribution in [0.2, 0.25) is 0 Å². The molecule has 4 nitrogen and oxygen atoms in total. The number of benzene rings is 1. The highest BCUT2D eigenvalue weighted by Gasteiger charge is 2.18. The SMILES string of the molecule is Cc1ccc2c(ccn2S(=O)(=O)c2ccccc2)n1. The minimum Gasteiger partial charge on any atom is -0.251 e. The average Bonchev–Trinajstić information content (AvgIpc) is 2.83. The van der Waals surface area contributed by atoms with E-state index in [4.69, 9.17) is 0 Å². The Labute approximate surface area is 111 Å². The van der Waals surface area contributed by atoms with Crippen molar-refractivity contribution < 1.29 is 8.42 Å². The number of rotatable bonds is 2. The third-order valence-corrected chi connectivity index (χ3v) is 4.65. The maximum absolute atomic E-state index is 12.5. The monoisotopic (exact) mass is 272 g/mol. The van der Waals surface area contributed by atoms with Crippen LogP contribution in [0.25, 0.3) is 11.0 Å². The fraction of sp³-hybridized carbons (Fsp3) is 0.0714. The Morgan fingerprint density at radius 1 is 1.00 bits per heavy atom. The lowest BCUT2D eigenvalue weighted by molar-refractivity contribution is 0.589. The van der Waals surface area contributed by atoms with Gasteiger partial charge in [-0.3, -0.25) is 4.98 Å². The van der Waals surface area contributed by atoms with E-state index in [1.165, 1.54) is 3.97 Å². The molecular formula is C14H12N2O2S. The van der Waals surface area contributed by atoms with Crippen LogP contribution in [0.5, 0.6) is 0 Å². The second-order valence-corrected chi connectivity index (χ2v) is 6.10. The number of hydrogen-bond donors (Lipinski definition) is 0. The van der Waals surface area contributed by atoms with Crippen LogP contribution >= 0.6 is 0 Å². The van der Waals surface area contributed by atoms with Crippen molar-refractivity contribution in [2.24, 2.45) is 0 Å². The highest BCUT2D eigenvalue weighted by molar-refractivity contribution is 7.90. The van der Waals surface area contributed by atoms with Crippen LogP contribution < -0.4 is 0 Å². The topological polar surface area (TPSA) is 52.0 Å². The number of pyridine rings is 1. The van der Waals surface area contributed by atoms with Gasteiger partial charge in [0.15, 0.2) is 0 Å². The molecule has 0 saturated heterocycles. The lowest BCUT2D eigenvalue weighted by Gasteiger charge is -2.07. The predicted octanol–water partition coefficient (Wildman–Crippen LogP) is 2.58. The van der Waals surface area contributed by atoms with Gasteiger partial charge in [-0.05, 0) is 37.3 Å². The molecule has 0 fully saturated rings. The van der Waals surface area contributed by atoms with Crippen LogP contribution in [0.1, 0.15) is 5.69 Å². The van der Waals surface area contributed by atoms with E-state index in [0.717, 1.165) is 5.69 Å². The summed E-state index contributed by atoms with van der Waals surface area (Å²) < 4.78 is 26.3. The Morgan fingerprint density at radius 3 is 2.47 bits per heavy atom. The van der Waals surface area contributed by atoms with Gasteiger partial charge in [0, 0.05) is 11.9 Å². The van der Waals surface area contributed by atoms with Crippen LogP contribution in [-0.4, -0.2) is 17.4 Å². The quantitative estimate of drug-likeness (QED) is 0.720. The summed E-state index contributed by atoms with van der Waals surface area (Å²) in [5, 5.41) is 0. The van der Waals surface area contributed by atoms with Gasteiger partial charge in [-0.25, -0.2) is 12.4 Å². The summed E-state index contributed by atoms with van der Waals surface area (Å²) in [6, 6.07) is 13.7. The van der Waals surface area contributed by atoms with Gasteiger partial charge in [-0.1, -0.05) is 18.2 Å². The predicted molar refractivity (Wildman–Crippen MR) is 73.5 cm³/mol. The molecule has 0 amide bonds. The molecule has 96 valence electrons. The normalized spacial score (nSPS) is 11.8. The molecule has 3 rings (SSSR count). The van der Waals surface area contributed by atoms with E-state index in [9.17, 15) is 8.42 Å². The smallest absolute Gasteiger partial charge is 0.251 e. The fourth-order valence-electron chi connectivity index (χ4n) is 2.01. The molecule has 19 heavy (non-hydrogen) atoms. The number of aromatic nitrogens is 2. The minimum absolute atomic E-state index is 0.271. The summed E-state index contributed by atoms with van der Waals surface area (Å²) in [5.74, 6) is 0. The molecule has 0 bridgehead atoms. The van der Waals surface area contributed by atoms with E-state index >= 15 is 0 Å². The molecular weight excluding hydrogens is 260 g/mol. The van der Waals surface area contributed by atoms with Crippen LogP contribution in [0, 0.1) is 6.92 Å². The van der Waals surface area contributed by atoms with Crippen LogP contribution in [0.3, 0.4) is 0 Å². The van der Waals surface area contributed by atoms with Gasteiger partial charge < -0.3 is 0 Å². The van der Waals surface area contributed by atoms with E-state index < -0.39 is 10.0 Å². The molecule has 0 aliphatic rings. The average molecular weight is 272 g/mol. The van der Waals surface area contributed by atoms with Gasteiger partial charge in [0.1, 0.15) is 0 Å². The van der Waals surface area contributed by atoms with Crippen LogP contribution in [0.15, 0.2) is 59.6 Å². The molecule has 0 atom stereocenters. The first kappa shape index (κ1) is 11.9. The van der Waals surface area contributed by atoms with Crippen molar-refractivity contribution in [3.8, 4) is 0 Å². The van der Waals surface area contributed by atoms with E-state index in [2.05, 4.69) is 4.98 Å². The third kappa shape index (κ3) is 1.92. The summed E-state index contributed by atoms with van der Waals surface area (Å²) >= 11 is 0. The molecule has 2 aromatic heterocycles. The van der Waals surface area contributed by atoms with Gasteiger partial charge in [-0.2, -0.15) is 0 Å². The van der Waals surface area contributed by atoms with Gasteiger partial charge in [0.25, 0.3) is 10.0 Å². The maximum atomic E-state index is 12.5. The first-order valence-corrected chi connectivity index (χ1v) is 7.28. The van der Waals surface area contributed by atoms with Crippen molar-refractivity contribution in [3.05, 3.63) is 60.4 Å². The molecule has 5 heteroatoms. The van der Waals surface area contributed by atoms with E-state index in [1.54, 1.807) is 54.7 Å². The highest BCUT2D eigenvalue weighted by atomic mass is 32.2. The molecule has 0 radical (unpaired) electrons. The zero-order valence-corrected chi connectivity index (χ0v) is 11.1. The van der Waals surface area contributed by atoms with Gasteiger partial charge >= 0.3 is 0 Å². The lowest BCUT2D eigenvalue weighted by Crippen LogP contribution is -2.11. The van der Waals surface area contributed by atoms with E-state index in [-0.39, 0.29) is 4.90 Å². The molecule has 0 aliphatic heterocycles. The molecule has 3 aromatic rings. The first-order valence-electron chi connectivity index (χ1n) is 5.84. The Morgan fingerprint density at radius 2 is 1.74 bits per heavy atom. The molecule has 0 saturated carbocycles. The Bertz CT molecular complexity index is 836. The van der Waals surface area contributed by atoms with Crippen LogP contribution in [0.4, 0.5) is 0 Å². The van der Waals surface area contributed by atoms with Crippen molar-refractivity contribution in [3.63, 3.8) is 0 Å². The zero-order chi connectivity index (χ0) is 13.5. The van der Waals surface area contributed by atoms with Crippen molar-refractivity contribution in [2.45, 2.75) is 11.8 Å². The molecule has 2 heterocycles. The third-order valence-electron chi connectivity index (χ3n) is 2.95. The summed E-state index contributed by atoms with van der Waals surface area (Å²) in [6.45, 7) is 1.88. The molecule has 0 aliphatic carbocycles. The van der Waals surface area contributed by atoms with Gasteiger partial charge in [0.2, 0.25) is 0 Å². The largest absolute Gasteiger partial charge is 0.268 e. The minimum atomic E-state index is -3.56. The molecule has 0 unspecified atom stereocenters. The Balaban J connectivity index is 2.25.